The molecular formula is C18H25N3O3S. The Morgan fingerprint density at radius 3 is 2.56 bits per heavy atom. The minimum absolute atomic E-state index is 0.0436. The molecule has 0 unspecified atom stereocenters. The summed E-state index contributed by atoms with van der Waals surface area (Å²) in [6.07, 6.45) is 1.43. The number of hydrogen-bond donors (Lipinski definition) is 2. The summed E-state index contributed by atoms with van der Waals surface area (Å²) in [6.45, 7) is 4.27. The van der Waals surface area contributed by atoms with Crippen molar-refractivity contribution in [3.63, 3.8) is 0 Å². The van der Waals surface area contributed by atoms with Gasteiger partial charge in [-0.2, -0.15) is 11.3 Å². The van der Waals surface area contributed by atoms with Crippen LogP contribution >= 0.6 is 11.3 Å². The summed E-state index contributed by atoms with van der Waals surface area (Å²) in [5, 5.41) is 9.81. The fourth-order valence-corrected chi connectivity index (χ4v) is 3.23. The van der Waals surface area contributed by atoms with Crippen LogP contribution in [0.25, 0.3) is 0 Å². The van der Waals surface area contributed by atoms with Crippen LogP contribution in [0, 0.1) is 5.92 Å². The van der Waals surface area contributed by atoms with E-state index in [2.05, 4.69) is 27.0 Å². The van der Waals surface area contributed by atoms with Gasteiger partial charge in [0.05, 0.1) is 12.3 Å². The van der Waals surface area contributed by atoms with Crippen LogP contribution in [0.4, 0.5) is 0 Å². The highest BCUT2D eigenvalue weighted by atomic mass is 32.1. The fourth-order valence-electron chi connectivity index (χ4n) is 2.53. The molecule has 0 aromatic carbocycles. The van der Waals surface area contributed by atoms with Crippen LogP contribution in [-0.4, -0.2) is 43.4 Å². The zero-order valence-electron chi connectivity index (χ0n) is 15.0. The monoisotopic (exact) mass is 363 g/mol. The second kappa shape index (κ2) is 8.82. The van der Waals surface area contributed by atoms with Gasteiger partial charge >= 0.3 is 0 Å². The van der Waals surface area contributed by atoms with E-state index in [1.54, 1.807) is 23.5 Å². The number of nitrogens with zero attached hydrogens (tertiary/aromatic N) is 1. The molecule has 2 aromatic heterocycles. The van der Waals surface area contributed by atoms with Crippen molar-refractivity contribution in [2.45, 2.75) is 25.9 Å². The molecule has 2 heterocycles. The van der Waals surface area contributed by atoms with E-state index in [0.29, 0.717) is 6.54 Å². The number of rotatable bonds is 8. The van der Waals surface area contributed by atoms with Crippen LogP contribution in [-0.2, 0) is 4.79 Å². The topological polar surface area (TPSA) is 74.6 Å². The predicted octanol–water partition coefficient (Wildman–Crippen LogP) is 2.51. The summed E-state index contributed by atoms with van der Waals surface area (Å²) < 4.78 is 5.09. The lowest BCUT2D eigenvalue weighted by molar-refractivity contribution is -0.124. The number of nitrogens with one attached hydrogen (secondary N) is 2. The van der Waals surface area contributed by atoms with Gasteiger partial charge in [-0.25, -0.2) is 0 Å². The van der Waals surface area contributed by atoms with Gasteiger partial charge in [0, 0.05) is 6.54 Å². The standard InChI is InChI=1S/C18H25N3O3S/c1-12(2)16(20-17(22)15-6-5-8-24-15)18(23)19-10-14(21(3)4)13-7-9-25-11-13/h5-9,11-12,14,16H,10H2,1-4H3,(H,19,23)(H,20,22)/t14-,16-/m0/s1. The van der Waals surface area contributed by atoms with Crippen LogP contribution < -0.4 is 10.6 Å². The quantitative estimate of drug-likeness (QED) is 0.756. The van der Waals surface area contributed by atoms with Crippen molar-refractivity contribution in [2.75, 3.05) is 20.6 Å². The van der Waals surface area contributed by atoms with Gasteiger partial charge in [-0.15, -0.1) is 0 Å². The molecule has 7 heteroatoms. The molecule has 136 valence electrons. The van der Waals surface area contributed by atoms with Gasteiger partial charge in [0.25, 0.3) is 5.91 Å². The molecule has 6 nitrogen and oxygen atoms in total. The molecule has 0 aliphatic carbocycles. The Bertz CT molecular complexity index is 666. The van der Waals surface area contributed by atoms with E-state index in [4.69, 9.17) is 4.42 Å². The van der Waals surface area contributed by atoms with Crippen molar-refractivity contribution in [1.29, 1.82) is 0 Å². The minimum Gasteiger partial charge on any atom is -0.459 e. The number of carbonyl (C=O) groups excluding carboxylic acids is 2. The van der Waals surface area contributed by atoms with Crippen LogP contribution in [0.3, 0.4) is 0 Å². The maximum atomic E-state index is 12.6. The highest BCUT2D eigenvalue weighted by Gasteiger charge is 2.26. The fraction of sp³-hybridized carbons (Fsp3) is 0.444. The van der Waals surface area contributed by atoms with Gasteiger partial charge in [0.2, 0.25) is 5.91 Å². The molecule has 2 rings (SSSR count). The summed E-state index contributed by atoms with van der Waals surface area (Å²) in [6, 6.07) is 4.73. The first kappa shape index (κ1) is 19.2. The Morgan fingerprint density at radius 2 is 2.04 bits per heavy atom. The van der Waals surface area contributed by atoms with Crippen molar-refractivity contribution in [2.24, 2.45) is 5.92 Å². The largest absolute Gasteiger partial charge is 0.459 e. The molecule has 0 bridgehead atoms. The second-order valence-electron chi connectivity index (χ2n) is 6.45. The SMILES string of the molecule is CC(C)[C@H](NC(=O)c1ccco1)C(=O)NC[C@@H](c1ccsc1)N(C)C. The smallest absolute Gasteiger partial charge is 0.287 e. The first-order valence-electron chi connectivity index (χ1n) is 8.20. The summed E-state index contributed by atoms with van der Waals surface area (Å²) in [5.41, 5.74) is 1.16. The Hall–Kier alpha value is -2.12. The van der Waals surface area contributed by atoms with Gasteiger partial charge in [-0.1, -0.05) is 13.8 Å². The maximum absolute atomic E-state index is 12.6. The van der Waals surface area contributed by atoms with Crippen molar-refractivity contribution in [3.05, 3.63) is 46.5 Å². The Labute approximate surface area is 152 Å². The average molecular weight is 363 g/mol. The highest BCUT2D eigenvalue weighted by Crippen LogP contribution is 2.20. The minimum atomic E-state index is -0.622. The summed E-state index contributed by atoms with van der Waals surface area (Å²) in [7, 11) is 3.96. The van der Waals surface area contributed by atoms with E-state index in [-0.39, 0.29) is 29.5 Å². The van der Waals surface area contributed by atoms with Crippen molar-refractivity contribution in [3.8, 4) is 0 Å². The lowest BCUT2D eigenvalue weighted by Gasteiger charge is -2.26. The molecule has 2 aromatic rings. The number of likely N-dealkylation sites (N-methyl/N-ethyl adjacent to an activating group) is 1. The third-order valence-electron chi connectivity index (χ3n) is 4.00. The first-order valence-corrected chi connectivity index (χ1v) is 9.15. The number of furan rings is 1. The predicted molar refractivity (Wildman–Crippen MR) is 98.6 cm³/mol. The number of hydrogen-bond acceptors (Lipinski definition) is 5. The molecule has 0 aliphatic heterocycles. The van der Waals surface area contributed by atoms with E-state index in [9.17, 15) is 9.59 Å². The van der Waals surface area contributed by atoms with Crippen LogP contribution in [0.15, 0.2) is 39.6 Å². The Morgan fingerprint density at radius 1 is 1.28 bits per heavy atom. The Kier molecular flexibility index (Phi) is 6.78. The van der Waals surface area contributed by atoms with Gasteiger partial charge < -0.3 is 20.0 Å². The lowest BCUT2D eigenvalue weighted by atomic mass is 10.0. The highest BCUT2D eigenvalue weighted by molar-refractivity contribution is 7.07. The third-order valence-corrected chi connectivity index (χ3v) is 4.70. The van der Waals surface area contributed by atoms with E-state index < -0.39 is 6.04 Å². The molecule has 0 aliphatic rings. The van der Waals surface area contributed by atoms with Crippen molar-refractivity contribution >= 4 is 23.2 Å². The molecule has 2 atom stereocenters. The molecule has 0 radical (unpaired) electrons. The normalized spacial score (nSPS) is 13.7. The van der Waals surface area contributed by atoms with E-state index >= 15 is 0 Å². The molecule has 0 saturated carbocycles. The van der Waals surface area contributed by atoms with Gasteiger partial charge in [0.1, 0.15) is 6.04 Å². The van der Waals surface area contributed by atoms with Crippen molar-refractivity contribution in [1.82, 2.24) is 15.5 Å². The van der Waals surface area contributed by atoms with Crippen LogP contribution in [0.5, 0.6) is 0 Å². The summed E-state index contributed by atoms with van der Waals surface area (Å²) in [4.78, 5) is 26.8. The zero-order chi connectivity index (χ0) is 18.4. The van der Waals surface area contributed by atoms with Gasteiger partial charge in [0.15, 0.2) is 5.76 Å². The van der Waals surface area contributed by atoms with Gasteiger partial charge in [-0.3, -0.25) is 9.59 Å². The van der Waals surface area contributed by atoms with Gasteiger partial charge in [-0.05, 0) is 54.5 Å². The second-order valence-corrected chi connectivity index (χ2v) is 7.23. The molecular weight excluding hydrogens is 338 g/mol. The zero-order valence-corrected chi connectivity index (χ0v) is 15.8. The Balaban J connectivity index is 1.99. The van der Waals surface area contributed by atoms with E-state index in [1.807, 2.05) is 33.3 Å². The summed E-state index contributed by atoms with van der Waals surface area (Å²) >= 11 is 1.63. The number of thiophene rings is 1. The van der Waals surface area contributed by atoms with E-state index in [0.717, 1.165) is 5.56 Å². The lowest BCUT2D eigenvalue weighted by Crippen LogP contribution is -2.50. The van der Waals surface area contributed by atoms with Crippen LogP contribution in [0.1, 0.15) is 36.0 Å². The molecule has 0 spiro atoms. The van der Waals surface area contributed by atoms with E-state index in [1.165, 1.54) is 6.26 Å². The molecule has 0 saturated heterocycles. The number of amides is 2. The molecule has 2 N–H and O–H groups in total. The molecule has 25 heavy (non-hydrogen) atoms. The molecule has 0 fully saturated rings. The maximum Gasteiger partial charge on any atom is 0.287 e. The molecule has 2 amide bonds. The summed E-state index contributed by atoms with van der Waals surface area (Å²) in [5.74, 6) is -0.432. The average Bonchev–Trinajstić information content (AvgIpc) is 3.25. The number of carbonyl (C=O) groups is 2. The van der Waals surface area contributed by atoms with Crippen LogP contribution in [0.2, 0.25) is 0 Å². The first-order chi connectivity index (χ1) is 11.9. The third kappa shape index (κ3) is 5.17. The van der Waals surface area contributed by atoms with Crippen molar-refractivity contribution < 1.29 is 14.0 Å².